The number of piperidine rings is 1. The van der Waals surface area contributed by atoms with Gasteiger partial charge in [-0.3, -0.25) is 14.4 Å². The van der Waals surface area contributed by atoms with E-state index in [1.165, 1.54) is 49.6 Å². The number of hydrogen-bond donors (Lipinski definition) is 2. The number of halogens is 2. The van der Waals surface area contributed by atoms with Crippen molar-refractivity contribution < 1.29 is 27.9 Å². The molecule has 1 atom stereocenters. The normalized spacial score (nSPS) is 15.2. The first kappa shape index (κ1) is 24.8. The van der Waals surface area contributed by atoms with Crippen molar-refractivity contribution in [2.75, 3.05) is 30.8 Å². The van der Waals surface area contributed by atoms with E-state index in [1.54, 1.807) is 23.1 Å². The quantitative estimate of drug-likeness (QED) is 0.520. The van der Waals surface area contributed by atoms with E-state index in [0.29, 0.717) is 42.1 Å². The van der Waals surface area contributed by atoms with Crippen LogP contribution in [0.15, 0.2) is 66.7 Å². The third-order valence-electron chi connectivity index (χ3n) is 5.97. The first-order valence-corrected chi connectivity index (χ1v) is 11.4. The molecular weight excluding hydrogens is 468 g/mol. The summed E-state index contributed by atoms with van der Waals surface area (Å²) in [6.45, 7) is 0.750. The Morgan fingerprint density at radius 3 is 2.42 bits per heavy atom. The summed E-state index contributed by atoms with van der Waals surface area (Å²) in [6, 6.07) is 15.4. The molecule has 36 heavy (non-hydrogen) atoms. The van der Waals surface area contributed by atoms with Crippen molar-refractivity contribution in [2.24, 2.45) is 5.92 Å². The van der Waals surface area contributed by atoms with Gasteiger partial charge in [-0.25, -0.2) is 8.78 Å². The van der Waals surface area contributed by atoms with Gasteiger partial charge in [-0.1, -0.05) is 6.07 Å². The van der Waals surface area contributed by atoms with Crippen molar-refractivity contribution in [2.45, 2.75) is 12.8 Å². The molecule has 186 valence electrons. The number of methoxy groups -OCH3 is 1. The van der Waals surface area contributed by atoms with Gasteiger partial charge in [-0.2, -0.15) is 0 Å². The third kappa shape index (κ3) is 5.86. The first-order chi connectivity index (χ1) is 17.3. The summed E-state index contributed by atoms with van der Waals surface area (Å²) in [5.74, 6) is -2.07. The molecule has 4 rings (SSSR count). The number of hydrogen-bond acceptors (Lipinski definition) is 4. The Morgan fingerprint density at radius 2 is 1.69 bits per heavy atom. The molecule has 1 saturated heterocycles. The molecule has 0 aliphatic carbocycles. The molecule has 1 aliphatic rings. The Morgan fingerprint density at radius 1 is 0.917 bits per heavy atom. The van der Waals surface area contributed by atoms with Crippen LogP contribution in [0.2, 0.25) is 0 Å². The molecule has 1 fully saturated rings. The molecule has 3 aromatic carbocycles. The Kier molecular flexibility index (Phi) is 7.58. The van der Waals surface area contributed by atoms with Gasteiger partial charge in [-0.05, 0) is 73.5 Å². The van der Waals surface area contributed by atoms with Gasteiger partial charge in [0.05, 0.1) is 18.7 Å². The first-order valence-electron chi connectivity index (χ1n) is 11.4. The van der Waals surface area contributed by atoms with E-state index in [0.717, 1.165) is 6.07 Å². The topological polar surface area (TPSA) is 87.7 Å². The Hall–Kier alpha value is -4.27. The number of carbonyl (C=O) groups excluding carboxylic acids is 3. The number of ether oxygens (including phenoxy) is 1. The summed E-state index contributed by atoms with van der Waals surface area (Å²) in [5.41, 5.74) is 1.24. The third-order valence-corrected chi connectivity index (χ3v) is 5.97. The molecule has 9 heteroatoms. The van der Waals surface area contributed by atoms with Crippen molar-refractivity contribution in [1.29, 1.82) is 0 Å². The second-order valence-electron chi connectivity index (χ2n) is 8.47. The van der Waals surface area contributed by atoms with E-state index < -0.39 is 23.5 Å². The van der Waals surface area contributed by atoms with Crippen LogP contribution in [0.5, 0.6) is 5.75 Å². The van der Waals surface area contributed by atoms with Gasteiger partial charge in [0.25, 0.3) is 11.8 Å². The van der Waals surface area contributed by atoms with Crippen molar-refractivity contribution in [1.82, 2.24) is 4.90 Å². The highest BCUT2D eigenvalue weighted by Gasteiger charge is 2.29. The number of rotatable bonds is 6. The minimum Gasteiger partial charge on any atom is -0.495 e. The second-order valence-corrected chi connectivity index (χ2v) is 8.47. The van der Waals surface area contributed by atoms with E-state index in [2.05, 4.69) is 10.6 Å². The van der Waals surface area contributed by atoms with Crippen LogP contribution in [0.25, 0.3) is 0 Å². The minimum atomic E-state index is -0.532. The molecule has 1 aliphatic heterocycles. The van der Waals surface area contributed by atoms with E-state index in [-0.39, 0.29) is 23.9 Å². The Bertz CT molecular complexity index is 1280. The molecule has 1 heterocycles. The van der Waals surface area contributed by atoms with Crippen molar-refractivity contribution >= 4 is 29.1 Å². The number of nitrogens with one attached hydrogen (secondary N) is 2. The van der Waals surface area contributed by atoms with Gasteiger partial charge in [-0.15, -0.1) is 0 Å². The molecule has 0 aromatic heterocycles. The molecule has 7 nitrogen and oxygen atoms in total. The average Bonchev–Trinajstić information content (AvgIpc) is 2.89. The fraction of sp³-hybridized carbons (Fsp3) is 0.222. The lowest BCUT2D eigenvalue weighted by molar-refractivity contribution is -0.121. The average molecular weight is 494 g/mol. The Labute approximate surface area is 207 Å². The van der Waals surface area contributed by atoms with E-state index in [1.807, 2.05) is 0 Å². The summed E-state index contributed by atoms with van der Waals surface area (Å²) in [7, 11) is 1.44. The monoisotopic (exact) mass is 493 g/mol. The van der Waals surface area contributed by atoms with Gasteiger partial charge in [0.2, 0.25) is 5.91 Å². The van der Waals surface area contributed by atoms with Crippen LogP contribution in [0.1, 0.15) is 33.6 Å². The van der Waals surface area contributed by atoms with Crippen LogP contribution in [0, 0.1) is 17.6 Å². The van der Waals surface area contributed by atoms with E-state index in [4.69, 9.17) is 4.74 Å². The number of likely N-dealkylation sites (tertiary alicyclic amines) is 1. The lowest BCUT2D eigenvalue weighted by atomic mass is 9.96. The maximum absolute atomic E-state index is 13.5. The Balaban J connectivity index is 1.44. The number of nitrogens with zero attached hydrogens (tertiary/aromatic N) is 1. The van der Waals surface area contributed by atoms with Crippen molar-refractivity contribution in [3.63, 3.8) is 0 Å². The zero-order chi connectivity index (χ0) is 25.7. The van der Waals surface area contributed by atoms with Crippen LogP contribution >= 0.6 is 0 Å². The zero-order valence-electron chi connectivity index (χ0n) is 19.6. The lowest BCUT2D eigenvalue weighted by Crippen LogP contribution is -2.43. The van der Waals surface area contributed by atoms with Gasteiger partial charge in [0, 0.05) is 29.9 Å². The lowest BCUT2D eigenvalue weighted by Gasteiger charge is -2.32. The van der Waals surface area contributed by atoms with Gasteiger partial charge < -0.3 is 20.3 Å². The highest BCUT2D eigenvalue weighted by molar-refractivity contribution is 6.05. The van der Waals surface area contributed by atoms with E-state index >= 15 is 0 Å². The summed E-state index contributed by atoms with van der Waals surface area (Å²) in [5, 5.41) is 5.52. The molecule has 3 amide bonds. The molecule has 2 N–H and O–H groups in total. The fourth-order valence-corrected chi connectivity index (χ4v) is 4.10. The number of carbonyl (C=O) groups is 3. The number of benzene rings is 3. The molecule has 1 unspecified atom stereocenters. The maximum Gasteiger partial charge on any atom is 0.255 e. The van der Waals surface area contributed by atoms with Gasteiger partial charge >= 0.3 is 0 Å². The second kappa shape index (κ2) is 11.0. The van der Waals surface area contributed by atoms with Gasteiger partial charge in [0.1, 0.15) is 17.4 Å². The minimum absolute atomic E-state index is 0.139. The number of amides is 3. The summed E-state index contributed by atoms with van der Waals surface area (Å²) in [4.78, 5) is 40.0. The zero-order valence-corrected chi connectivity index (χ0v) is 19.6. The summed E-state index contributed by atoms with van der Waals surface area (Å²) < 4.78 is 32.0. The van der Waals surface area contributed by atoms with Crippen LogP contribution in [0.3, 0.4) is 0 Å². The highest BCUT2D eigenvalue weighted by Crippen LogP contribution is 2.29. The molecule has 0 spiro atoms. The highest BCUT2D eigenvalue weighted by atomic mass is 19.1. The number of anilines is 2. The SMILES string of the molecule is COc1ccc(NC(=O)C2CCCN(C(=O)c3ccc(F)cc3)C2)cc1NC(=O)c1cccc(F)c1. The van der Waals surface area contributed by atoms with Crippen LogP contribution < -0.4 is 15.4 Å². The standard InChI is InChI=1S/C27H25F2N3O4/c1-36-24-12-11-22(15-23(24)31-25(33)18-4-2-6-21(29)14-18)30-26(34)19-5-3-13-32(16-19)27(35)17-7-9-20(28)10-8-17/h2,4,6-12,14-15,19H,3,5,13,16H2,1H3,(H,30,34)(H,31,33). The van der Waals surface area contributed by atoms with E-state index in [9.17, 15) is 23.2 Å². The molecular formula is C27H25F2N3O4. The van der Waals surface area contributed by atoms with Crippen molar-refractivity contribution in [3.8, 4) is 5.75 Å². The molecule has 0 radical (unpaired) electrons. The van der Waals surface area contributed by atoms with Crippen LogP contribution in [0.4, 0.5) is 20.2 Å². The molecule has 3 aromatic rings. The fourth-order valence-electron chi connectivity index (χ4n) is 4.10. The van der Waals surface area contributed by atoms with Gasteiger partial charge in [0.15, 0.2) is 0 Å². The predicted octanol–water partition coefficient (Wildman–Crippen LogP) is 4.72. The summed E-state index contributed by atoms with van der Waals surface area (Å²) >= 11 is 0. The molecule has 0 saturated carbocycles. The molecule has 0 bridgehead atoms. The van der Waals surface area contributed by atoms with Crippen LogP contribution in [-0.4, -0.2) is 42.8 Å². The largest absolute Gasteiger partial charge is 0.495 e. The predicted molar refractivity (Wildman–Crippen MR) is 131 cm³/mol. The maximum atomic E-state index is 13.5. The smallest absolute Gasteiger partial charge is 0.255 e. The van der Waals surface area contributed by atoms with Crippen molar-refractivity contribution in [3.05, 3.63) is 89.5 Å². The summed E-state index contributed by atoms with van der Waals surface area (Å²) in [6.07, 6.45) is 1.26. The van der Waals surface area contributed by atoms with Crippen LogP contribution in [-0.2, 0) is 4.79 Å².